The molecular formula is C16H12N2O. The summed E-state index contributed by atoms with van der Waals surface area (Å²) in [6, 6.07) is 17.3. The molecule has 0 radical (unpaired) electrons. The van der Waals surface area contributed by atoms with Crippen LogP contribution in [0.3, 0.4) is 0 Å². The number of aromatic nitrogens is 2. The van der Waals surface area contributed by atoms with Crippen molar-refractivity contribution < 1.29 is 0 Å². The number of fused-ring (bicyclic) bond motifs is 1. The van der Waals surface area contributed by atoms with Gasteiger partial charge < -0.3 is 0 Å². The Morgan fingerprint density at radius 3 is 2.53 bits per heavy atom. The van der Waals surface area contributed by atoms with Gasteiger partial charge in [-0.15, -0.1) is 0 Å². The van der Waals surface area contributed by atoms with E-state index in [-0.39, 0.29) is 5.56 Å². The number of hydrogen-bond acceptors (Lipinski definition) is 2. The Morgan fingerprint density at radius 2 is 1.68 bits per heavy atom. The number of rotatable bonds is 2. The van der Waals surface area contributed by atoms with Gasteiger partial charge in [0.15, 0.2) is 0 Å². The number of nitrogens with zero attached hydrogens (tertiary/aromatic N) is 2. The summed E-state index contributed by atoms with van der Waals surface area (Å²) in [4.78, 5) is 12.2. The van der Waals surface area contributed by atoms with Crippen LogP contribution in [-0.2, 0) is 0 Å². The van der Waals surface area contributed by atoms with Gasteiger partial charge in [0.2, 0.25) is 0 Å². The van der Waals surface area contributed by atoms with Crippen molar-refractivity contribution in [1.29, 1.82) is 0 Å². The van der Waals surface area contributed by atoms with Gasteiger partial charge in [-0.2, -0.15) is 5.10 Å². The Balaban J connectivity index is 2.05. The predicted molar refractivity (Wildman–Crippen MR) is 77.7 cm³/mol. The first kappa shape index (κ1) is 11.4. The highest BCUT2D eigenvalue weighted by Gasteiger charge is 2.00. The Bertz CT molecular complexity index is 788. The first-order chi connectivity index (χ1) is 9.34. The van der Waals surface area contributed by atoms with Gasteiger partial charge in [-0.1, -0.05) is 48.5 Å². The second-order valence-corrected chi connectivity index (χ2v) is 4.21. The fourth-order valence-electron chi connectivity index (χ4n) is 1.93. The fraction of sp³-hybridized carbons (Fsp3) is 0. The van der Waals surface area contributed by atoms with Crippen LogP contribution in [0.2, 0.25) is 0 Å². The lowest BCUT2D eigenvalue weighted by Crippen LogP contribution is -2.17. The Hall–Kier alpha value is -2.68. The highest BCUT2D eigenvalue weighted by Crippen LogP contribution is 2.07. The predicted octanol–water partition coefficient (Wildman–Crippen LogP) is 3.02. The van der Waals surface area contributed by atoms with Gasteiger partial charge in [-0.05, 0) is 17.7 Å². The van der Waals surface area contributed by atoms with E-state index in [1.165, 1.54) is 4.68 Å². The van der Waals surface area contributed by atoms with E-state index < -0.39 is 0 Å². The molecule has 3 aromatic rings. The van der Waals surface area contributed by atoms with E-state index in [4.69, 9.17) is 0 Å². The van der Waals surface area contributed by atoms with Crippen LogP contribution in [0, 0.1) is 0 Å². The molecule has 0 aliphatic carbocycles. The summed E-state index contributed by atoms with van der Waals surface area (Å²) in [5.74, 6) is 0. The van der Waals surface area contributed by atoms with Crippen molar-refractivity contribution >= 4 is 23.0 Å². The Kier molecular flexibility index (Phi) is 2.94. The van der Waals surface area contributed by atoms with Gasteiger partial charge in [0, 0.05) is 11.6 Å². The van der Waals surface area contributed by atoms with Crippen LogP contribution in [0.25, 0.3) is 23.0 Å². The largest absolute Gasteiger partial charge is 0.278 e. The van der Waals surface area contributed by atoms with Crippen molar-refractivity contribution in [2.24, 2.45) is 0 Å². The SMILES string of the molecule is O=c1c2ccccc2cnn1C=Cc1ccccc1. The van der Waals surface area contributed by atoms with Crippen molar-refractivity contribution in [2.75, 3.05) is 0 Å². The van der Waals surface area contributed by atoms with Crippen molar-refractivity contribution in [3.05, 3.63) is 76.7 Å². The van der Waals surface area contributed by atoms with Crippen LogP contribution in [0.1, 0.15) is 5.56 Å². The van der Waals surface area contributed by atoms with Gasteiger partial charge in [-0.25, -0.2) is 4.68 Å². The summed E-state index contributed by atoms with van der Waals surface area (Å²) < 4.78 is 1.36. The minimum atomic E-state index is -0.106. The zero-order valence-corrected chi connectivity index (χ0v) is 10.2. The normalized spacial score (nSPS) is 11.2. The summed E-state index contributed by atoms with van der Waals surface area (Å²) >= 11 is 0. The van der Waals surface area contributed by atoms with Crippen LogP contribution >= 0.6 is 0 Å². The number of hydrogen-bond donors (Lipinski definition) is 0. The van der Waals surface area contributed by atoms with Crippen molar-refractivity contribution in [3.63, 3.8) is 0 Å². The topological polar surface area (TPSA) is 34.9 Å². The molecule has 92 valence electrons. The summed E-state index contributed by atoms with van der Waals surface area (Å²) in [6.07, 6.45) is 5.25. The van der Waals surface area contributed by atoms with Crippen LogP contribution in [0.5, 0.6) is 0 Å². The van der Waals surface area contributed by atoms with Gasteiger partial charge in [0.1, 0.15) is 0 Å². The molecule has 0 fully saturated rings. The average Bonchev–Trinajstić information content (AvgIpc) is 2.48. The molecule has 0 bridgehead atoms. The molecule has 0 aliphatic heterocycles. The lowest BCUT2D eigenvalue weighted by atomic mass is 10.2. The molecule has 3 rings (SSSR count). The van der Waals surface area contributed by atoms with E-state index in [2.05, 4.69) is 5.10 Å². The van der Waals surface area contributed by atoms with Gasteiger partial charge >= 0.3 is 0 Å². The fourth-order valence-corrected chi connectivity index (χ4v) is 1.93. The minimum Gasteiger partial charge on any atom is -0.267 e. The summed E-state index contributed by atoms with van der Waals surface area (Å²) in [7, 11) is 0. The van der Waals surface area contributed by atoms with Gasteiger partial charge in [0.25, 0.3) is 5.56 Å². The first-order valence-corrected chi connectivity index (χ1v) is 6.04. The van der Waals surface area contributed by atoms with Crippen LogP contribution in [0.4, 0.5) is 0 Å². The monoisotopic (exact) mass is 248 g/mol. The van der Waals surface area contributed by atoms with Crippen LogP contribution < -0.4 is 5.56 Å². The average molecular weight is 248 g/mol. The highest BCUT2D eigenvalue weighted by molar-refractivity contribution is 5.80. The third-order valence-electron chi connectivity index (χ3n) is 2.93. The van der Waals surface area contributed by atoms with Gasteiger partial charge in [0.05, 0.1) is 11.6 Å². The smallest absolute Gasteiger partial charge is 0.267 e. The molecule has 0 aliphatic rings. The van der Waals surface area contributed by atoms with E-state index in [0.29, 0.717) is 5.39 Å². The molecule has 3 nitrogen and oxygen atoms in total. The van der Waals surface area contributed by atoms with Crippen LogP contribution in [-0.4, -0.2) is 9.78 Å². The maximum Gasteiger partial charge on any atom is 0.278 e. The van der Waals surface area contributed by atoms with E-state index >= 15 is 0 Å². The maximum atomic E-state index is 12.2. The quantitative estimate of drug-likeness (QED) is 0.698. The maximum absolute atomic E-state index is 12.2. The lowest BCUT2D eigenvalue weighted by Gasteiger charge is -2.00. The lowest BCUT2D eigenvalue weighted by molar-refractivity contribution is 0.871. The zero-order chi connectivity index (χ0) is 13.1. The molecule has 3 heteroatoms. The highest BCUT2D eigenvalue weighted by atomic mass is 16.1. The second-order valence-electron chi connectivity index (χ2n) is 4.21. The Morgan fingerprint density at radius 1 is 0.947 bits per heavy atom. The molecule has 0 unspecified atom stereocenters. The van der Waals surface area contributed by atoms with Crippen LogP contribution in [0.15, 0.2) is 65.6 Å². The van der Waals surface area contributed by atoms with E-state index in [1.54, 1.807) is 12.4 Å². The molecule has 0 amide bonds. The Labute approximate surface area is 110 Å². The molecular weight excluding hydrogens is 236 g/mol. The van der Waals surface area contributed by atoms with Crippen molar-refractivity contribution in [2.45, 2.75) is 0 Å². The molecule has 2 aromatic carbocycles. The molecule has 0 saturated heterocycles. The molecule has 1 aromatic heterocycles. The van der Waals surface area contributed by atoms with Crippen molar-refractivity contribution in [3.8, 4) is 0 Å². The van der Waals surface area contributed by atoms with E-state index in [1.807, 2.05) is 60.7 Å². The minimum absolute atomic E-state index is 0.106. The second kappa shape index (κ2) is 4.90. The molecule has 0 atom stereocenters. The molecule has 19 heavy (non-hydrogen) atoms. The third kappa shape index (κ3) is 2.31. The first-order valence-electron chi connectivity index (χ1n) is 6.04. The summed E-state index contributed by atoms with van der Waals surface area (Å²) in [5, 5.41) is 5.67. The molecule has 0 N–H and O–H groups in total. The van der Waals surface area contributed by atoms with Gasteiger partial charge in [-0.3, -0.25) is 4.79 Å². The molecule has 1 heterocycles. The molecule has 0 spiro atoms. The van der Waals surface area contributed by atoms with Crippen molar-refractivity contribution in [1.82, 2.24) is 9.78 Å². The number of benzene rings is 2. The molecule has 0 saturated carbocycles. The zero-order valence-electron chi connectivity index (χ0n) is 10.2. The summed E-state index contributed by atoms with van der Waals surface area (Å²) in [6.45, 7) is 0. The third-order valence-corrected chi connectivity index (χ3v) is 2.93. The van der Waals surface area contributed by atoms with E-state index in [0.717, 1.165) is 10.9 Å². The standard InChI is InChI=1S/C16H12N2O/c19-16-15-9-5-4-8-14(15)12-17-18(16)11-10-13-6-2-1-3-7-13/h1-12H. The van der Waals surface area contributed by atoms with E-state index in [9.17, 15) is 4.79 Å². The summed E-state index contributed by atoms with van der Waals surface area (Å²) in [5.41, 5.74) is 0.926.